The van der Waals surface area contributed by atoms with E-state index in [0.29, 0.717) is 19.0 Å². The molecule has 5 nitrogen and oxygen atoms in total. The molecule has 5 heteroatoms. The minimum absolute atomic E-state index is 0.0795. The summed E-state index contributed by atoms with van der Waals surface area (Å²) in [6.45, 7) is 2.85. The number of carbonyl (C=O) groups is 1. The molecule has 0 aliphatic heterocycles. The highest BCUT2D eigenvalue weighted by atomic mass is 16.3. The standard InChI is InChI=1S/C18H19N3O2/c1-13(22)15-8-17(21(2)11-15)10-19-9-16-12-23-18(20-16)14-6-4-3-5-7-14/h3-8,11-12,19H,9-10H2,1-2H3. The van der Waals surface area contributed by atoms with Crippen molar-refractivity contribution in [1.82, 2.24) is 14.9 Å². The number of carbonyl (C=O) groups excluding carboxylic acids is 1. The van der Waals surface area contributed by atoms with E-state index in [0.717, 1.165) is 22.5 Å². The second-order valence-corrected chi connectivity index (χ2v) is 5.50. The summed E-state index contributed by atoms with van der Waals surface area (Å²) in [6.07, 6.45) is 3.52. The van der Waals surface area contributed by atoms with E-state index in [1.807, 2.05) is 54.2 Å². The SMILES string of the molecule is CC(=O)c1cc(CNCc2coc(-c3ccccc3)n2)n(C)c1. The predicted octanol–water partition coefficient (Wildman–Crippen LogP) is 3.17. The highest BCUT2D eigenvalue weighted by Gasteiger charge is 2.08. The molecule has 23 heavy (non-hydrogen) atoms. The molecule has 0 unspecified atom stereocenters. The van der Waals surface area contributed by atoms with Gasteiger partial charge in [-0.2, -0.15) is 0 Å². The smallest absolute Gasteiger partial charge is 0.226 e. The molecule has 0 aliphatic rings. The quantitative estimate of drug-likeness (QED) is 0.711. The summed E-state index contributed by atoms with van der Waals surface area (Å²) < 4.78 is 7.47. The van der Waals surface area contributed by atoms with E-state index in [9.17, 15) is 4.79 Å². The number of Topliss-reactive ketones (excluding diaryl/α,β-unsaturated/α-hetero) is 1. The van der Waals surface area contributed by atoms with Crippen molar-refractivity contribution >= 4 is 5.78 Å². The number of ketones is 1. The molecular formula is C18H19N3O2. The summed E-state index contributed by atoms with van der Waals surface area (Å²) in [7, 11) is 1.94. The number of aryl methyl sites for hydroxylation is 1. The number of hydrogen-bond donors (Lipinski definition) is 1. The van der Waals surface area contributed by atoms with Crippen molar-refractivity contribution in [1.29, 1.82) is 0 Å². The molecule has 3 rings (SSSR count). The average Bonchev–Trinajstić information content (AvgIpc) is 3.16. The molecule has 0 saturated heterocycles. The molecule has 0 fully saturated rings. The first-order valence-corrected chi connectivity index (χ1v) is 7.50. The highest BCUT2D eigenvalue weighted by molar-refractivity contribution is 5.94. The van der Waals surface area contributed by atoms with Crippen LogP contribution in [0.2, 0.25) is 0 Å². The van der Waals surface area contributed by atoms with Gasteiger partial charge in [0.05, 0.1) is 5.69 Å². The normalized spacial score (nSPS) is 10.9. The van der Waals surface area contributed by atoms with Gasteiger partial charge >= 0.3 is 0 Å². The maximum Gasteiger partial charge on any atom is 0.226 e. The molecule has 3 aromatic rings. The number of oxazole rings is 1. The summed E-state index contributed by atoms with van der Waals surface area (Å²) >= 11 is 0. The molecular weight excluding hydrogens is 290 g/mol. The summed E-state index contributed by atoms with van der Waals surface area (Å²) in [5.41, 5.74) is 3.61. The Morgan fingerprint density at radius 2 is 2.04 bits per heavy atom. The third kappa shape index (κ3) is 3.57. The van der Waals surface area contributed by atoms with Crippen molar-refractivity contribution in [3.8, 4) is 11.5 Å². The van der Waals surface area contributed by atoms with Crippen molar-refractivity contribution < 1.29 is 9.21 Å². The number of nitrogens with zero attached hydrogens (tertiary/aromatic N) is 2. The summed E-state index contributed by atoms with van der Waals surface area (Å²) in [6, 6.07) is 11.7. The van der Waals surface area contributed by atoms with Crippen LogP contribution < -0.4 is 5.32 Å². The lowest BCUT2D eigenvalue weighted by atomic mass is 10.2. The Morgan fingerprint density at radius 3 is 2.74 bits per heavy atom. The second-order valence-electron chi connectivity index (χ2n) is 5.50. The van der Waals surface area contributed by atoms with Crippen LogP contribution in [0.4, 0.5) is 0 Å². The Labute approximate surface area is 135 Å². The molecule has 2 aromatic heterocycles. The topological polar surface area (TPSA) is 60.1 Å². The van der Waals surface area contributed by atoms with Crippen LogP contribution in [0.5, 0.6) is 0 Å². The Kier molecular flexibility index (Phi) is 4.39. The lowest BCUT2D eigenvalue weighted by Gasteiger charge is -2.03. The fourth-order valence-electron chi connectivity index (χ4n) is 2.40. The van der Waals surface area contributed by atoms with E-state index in [2.05, 4.69) is 10.3 Å². The first kappa shape index (κ1) is 15.2. The number of hydrogen-bond acceptors (Lipinski definition) is 4. The first-order valence-electron chi connectivity index (χ1n) is 7.50. The van der Waals surface area contributed by atoms with Crippen molar-refractivity contribution in [3.05, 3.63) is 65.8 Å². The lowest BCUT2D eigenvalue weighted by Crippen LogP contribution is -2.14. The van der Waals surface area contributed by atoms with Gasteiger partial charge in [0.15, 0.2) is 5.78 Å². The van der Waals surface area contributed by atoms with E-state index < -0.39 is 0 Å². The molecule has 0 atom stereocenters. The van der Waals surface area contributed by atoms with Crippen LogP contribution in [-0.4, -0.2) is 15.3 Å². The largest absolute Gasteiger partial charge is 0.444 e. The maximum absolute atomic E-state index is 11.4. The van der Waals surface area contributed by atoms with Crippen LogP contribution in [0.3, 0.4) is 0 Å². The fourth-order valence-corrected chi connectivity index (χ4v) is 2.40. The van der Waals surface area contributed by atoms with Gasteiger partial charge in [-0.3, -0.25) is 4.79 Å². The maximum atomic E-state index is 11.4. The molecule has 0 spiro atoms. The molecule has 0 bridgehead atoms. The van der Waals surface area contributed by atoms with Gasteiger partial charge in [-0.05, 0) is 25.1 Å². The van der Waals surface area contributed by atoms with E-state index >= 15 is 0 Å². The van der Waals surface area contributed by atoms with Gasteiger partial charge in [0.2, 0.25) is 5.89 Å². The summed E-state index contributed by atoms with van der Waals surface area (Å²) in [5.74, 6) is 0.705. The molecule has 118 valence electrons. The Bertz CT molecular complexity index is 803. The van der Waals surface area contributed by atoms with Crippen LogP contribution >= 0.6 is 0 Å². The van der Waals surface area contributed by atoms with Gasteiger partial charge in [0.25, 0.3) is 0 Å². The Hall–Kier alpha value is -2.66. The van der Waals surface area contributed by atoms with E-state index in [-0.39, 0.29) is 5.78 Å². The molecule has 0 radical (unpaired) electrons. The van der Waals surface area contributed by atoms with Gasteiger partial charge in [0.1, 0.15) is 6.26 Å². The van der Waals surface area contributed by atoms with Crippen LogP contribution in [0.15, 0.2) is 53.3 Å². The van der Waals surface area contributed by atoms with Crippen LogP contribution in [0, 0.1) is 0 Å². The summed E-state index contributed by atoms with van der Waals surface area (Å²) in [5, 5.41) is 3.32. The zero-order chi connectivity index (χ0) is 16.2. The van der Waals surface area contributed by atoms with E-state index in [1.165, 1.54) is 0 Å². The van der Waals surface area contributed by atoms with Gasteiger partial charge < -0.3 is 14.3 Å². The van der Waals surface area contributed by atoms with Crippen LogP contribution in [-0.2, 0) is 20.1 Å². The van der Waals surface area contributed by atoms with E-state index in [4.69, 9.17) is 4.42 Å². The van der Waals surface area contributed by atoms with Crippen LogP contribution in [0.1, 0.15) is 28.7 Å². The van der Waals surface area contributed by atoms with Crippen molar-refractivity contribution in [2.75, 3.05) is 0 Å². The second kappa shape index (κ2) is 6.62. The predicted molar refractivity (Wildman–Crippen MR) is 87.9 cm³/mol. The minimum Gasteiger partial charge on any atom is -0.444 e. The third-order valence-electron chi connectivity index (χ3n) is 3.70. The molecule has 0 amide bonds. The van der Waals surface area contributed by atoms with Gasteiger partial charge in [-0.25, -0.2) is 4.98 Å². The molecule has 0 aliphatic carbocycles. The van der Waals surface area contributed by atoms with Gasteiger partial charge in [-0.15, -0.1) is 0 Å². The van der Waals surface area contributed by atoms with Crippen molar-refractivity contribution in [3.63, 3.8) is 0 Å². The fraction of sp³-hybridized carbons (Fsp3) is 0.222. The van der Waals surface area contributed by atoms with E-state index in [1.54, 1.807) is 13.2 Å². The number of benzene rings is 1. The first-order chi connectivity index (χ1) is 11.1. The lowest BCUT2D eigenvalue weighted by molar-refractivity contribution is 0.101. The third-order valence-corrected chi connectivity index (χ3v) is 3.70. The van der Waals surface area contributed by atoms with Crippen molar-refractivity contribution in [2.24, 2.45) is 7.05 Å². The monoisotopic (exact) mass is 309 g/mol. The zero-order valence-electron chi connectivity index (χ0n) is 13.2. The number of rotatable bonds is 6. The number of nitrogens with one attached hydrogen (secondary N) is 1. The van der Waals surface area contributed by atoms with Crippen LogP contribution in [0.25, 0.3) is 11.5 Å². The minimum atomic E-state index is 0.0795. The molecule has 1 aromatic carbocycles. The molecule has 2 heterocycles. The Morgan fingerprint density at radius 1 is 1.26 bits per heavy atom. The van der Waals surface area contributed by atoms with Crippen molar-refractivity contribution in [2.45, 2.75) is 20.0 Å². The molecule has 0 saturated carbocycles. The Balaban J connectivity index is 1.59. The van der Waals surface area contributed by atoms with Gasteiger partial charge in [0, 0.05) is 43.2 Å². The highest BCUT2D eigenvalue weighted by Crippen LogP contribution is 2.17. The zero-order valence-corrected chi connectivity index (χ0v) is 13.2. The molecule has 1 N–H and O–H groups in total. The summed E-state index contributed by atoms with van der Waals surface area (Å²) in [4.78, 5) is 15.9. The number of aromatic nitrogens is 2. The van der Waals surface area contributed by atoms with Gasteiger partial charge in [-0.1, -0.05) is 18.2 Å². The average molecular weight is 309 g/mol.